The van der Waals surface area contributed by atoms with Crippen LogP contribution in [0.15, 0.2) is 52.3 Å². The molecule has 1 aliphatic heterocycles. The number of anilines is 1. The first-order chi connectivity index (χ1) is 10.2. The first-order valence-electron chi connectivity index (χ1n) is 7.23. The van der Waals surface area contributed by atoms with Gasteiger partial charge in [-0.05, 0) is 42.8 Å². The van der Waals surface area contributed by atoms with Crippen LogP contribution in [0.5, 0.6) is 0 Å². The first-order valence-corrected chi connectivity index (χ1v) is 8.42. The molecule has 0 saturated carbocycles. The van der Waals surface area contributed by atoms with Gasteiger partial charge in [0.2, 0.25) is 0 Å². The first kappa shape index (κ1) is 14.8. The highest BCUT2D eigenvalue weighted by Crippen LogP contribution is 2.38. The number of piperazine rings is 1. The van der Waals surface area contributed by atoms with Crippen molar-refractivity contribution in [1.82, 2.24) is 5.32 Å². The summed E-state index contributed by atoms with van der Waals surface area (Å²) in [7, 11) is 0. The fourth-order valence-electron chi connectivity index (χ4n) is 2.55. The van der Waals surface area contributed by atoms with Gasteiger partial charge in [-0.2, -0.15) is 0 Å². The number of nitrogens with one attached hydrogen (secondary N) is 1. The predicted octanol–water partition coefficient (Wildman–Crippen LogP) is 4.21. The minimum atomic E-state index is 0.784. The Labute approximate surface area is 135 Å². The van der Waals surface area contributed by atoms with Crippen molar-refractivity contribution in [3.05, 3.63) is 53.1 Å². The van der Waals surface area contributed by atoms with E-state index >= 15 is 0 Å². The fourth-order valence-corrected chi connectivity index (χ4v) is 3.71. The Kier molecular flexibility index (Phi) is 4.73. The Morgan fingerprint density at radius 2 is 1.76 bits per heavy atom. The summed E-state index contributed by atoms with van der Waals surface area (Å²) in [6.45, 7) is 6.43. The molecule has 2 aromatic rings. The second-order valence-corrected chi connectivity index (χ2v) is 6.74. The predicted molar refractivity (Wildman–Crippen MR) is 91.8 cm³/mol. The zero-order valence-electron chi connectivity index (χ0n) is 12.1. The summed E-state index contributed by atoms with van der Waals surface area (Å²) in [4.78, 5) is 5.05. The Balaban J connectivity index is 1.90. The monoisotopic (exact) mass is 318 g/mol. The Morgan fingerprint density at radius 1 is 1.05 bits per heavy atom. The van der Waals surface area contributed by atoms with Gasteiger partial charge < -0.3 is 10.2 Å². The smallest absolute Gasteiger partial charge is 0.0511 e. The molecular weight excluding hydrogens is 300 g/mol. The van der Waals surface area contributed by atoms with Gasteiger partial charge in [-0.15, -0.1) is 0 Å². The van der Waals surface area contributed by atoms with Gasteiger partial charge in [0.25, 0.3) is 0 Å². The van der Waals surface area contributed by atoms with Gasteiger partial charge in [0.15, 0.2) is 0 Å². The van der Waals surface area contributed by atoms with Gasteiger partial charge in [-0.3, -0.25) is 0 Å². The molecule has 0 spiro atoms. The van der Waals surface area contributed by atoms with Crippen molar-refractivity contribution >= 4 is 29.1 Å². The molecular formula is C17H19ClN2S. The van der Waals surface area contributed by atoms with E-state index in [1.807, 2.05) is 23.9 Å². The number of hydrogen-bond donors (Lipinski definition) is 1. The summed E-state index contributed by atoms with van der Waals surface area (Å²) in [6, 6.07) is 14.6. The highest BCUT2D eigenvalue weighted by Gasteiger charge is 2.16. The normalized spacial score (nSPS) is 15.2. The average molecular weight is 319 g/mol. The van der Waals surface area contributed by atoms with E-state index in [9.17, 15) is 0 Å². The lowest BCUT2D eigenvalue weighted by molar-refractivity contribution is 0.586. The largest absolute Gasteiger partial charge is 0.368 e. The Morgan fingerprint density at radius 3 is 2.48 bits per heavy atom. The molecule has 0 amide bonds. The molecule has 0 aromatic heterocycles. The number of halogens is 1. The summed E-state index contributed by atoms with van der Waals surface area (Å²) < 4.78 is 0. The van der Waals surface area contributed by atoms with Crippen molar-refractivity contribution in [2.45, 2.75) is 16.7 Å². The van der Waals surface area contributed by atoms with E-state index in [4.69, 9.17) is 11.6 Å². The van der Waals surface area contributed by atoms with Crippen LogP contribution < -0.4 is 10.2 Å². The van der Waals surface area contributed by atoms with Crippen molar-refractivity contribution in [3.63, 3.8) is 0 Å². The Hall–Kier alpha value is -1.16. The van der Waals surface area contributed by atoms with Gasteiger partial charge in [-0.1, -0.05) is 35.5 Å². The maximum absolute atomic E-state index is 5.97. The van der Waals surface area contributed by atoms with E-state index in [0.29, 0.717) is 0 Å². The van der Waals surface area contributed by atoms with Crippen LogP contribution in [-0.4, -0.2) is 26.2 Å². The molecule has 4 heteroatoms. The minimum Gasteiger partial charge on any atom is -0.368 e. The van der Waals surface area contributed by atoms with Crippen molar-refractivity contribution < 1.29 is 0 Å². The molecule has 21 heavy (non-hydrogen) atoms. The van der Waals surface area contributed by atoms with E-state index in [2.05, 4.69) is 47.5 Å². The summed E-state index contributed by atoms with van der Waals surface area (Å²) in [5, 5.41) is 4.20. The number of hydrogen-bond acceptors (Lipinski definition) is 3. The molecule has 0 atom stereocenters. The van der Waals surface area contributed by atoms with Crippen LogP contribution in [0.25, 0.3) is 0 Å². The molecule has 3 rings (SSSR count). The average Bonchev–Trinajstić information content (AvgIpc) is 2.52. The second-order valence-electron chi connectivity index (χ2n) is 5.22. The summed E-state index contributed by atoms with van der Waals surface area (Å²) >= 11 is 7.80. The number of rotatable bonds is 3. The maximum Gasteiger partial charge on any atom is 0.0511 e. The van der Waals surface area contributed by atoms with Crippen LogP contribution >= 0.6 is 23.4 Å². The lowest BCUT2D eigenvalue weighted by atomic mass is 10.2. The molecule has 1 N–H and O–H groups in total. The van der Waals surface area contributed by atoms with Crippen LogP contribution in [0.4, 0.5) is 5.69 Å². The molecule has 0 bridgehead atoms. The molecule has 0 unspecified atom stereocenters. The molecule has 2 nitrogen and oxygen atoms in total. The maximum atomic E-state index is 5.97. The molecule has 1 aliphatic rings. The number of benzene rings is 2. The van der Waals surface area contributed by atoms with Gasteiger partial charge >= 0.3 is 0 Å². The van der Waals surface area contributed by atoms with Crippen LogP contribution in [0.1, 0.15) is 5.56 Å². The highest BCUT2D eigenvalue weighted by atomic mass is 35.5. The Bertz CT molecular complexity index is 607. The van der Waals surface area contributed by atoms with E-state index in [-0.39, 0.29) is 0 Å². The van der Waals surface area contributed by atoms with E-state index < -0.39 is 0 Å². The van der Waals surface area contributed by atoms with Crippen molar-refractivity contribution in [2.24, 2.45) is 0 Å². The lowest BCUT2D eigenvalue weighted by Gasteiger charge is -2.31. The molecule has 2 aromatic carbocycles. The van der Waals surface area contributed by atoms with Crippen molar-refractivity contribution in [1.29, 1.82) is 0 Å². The van der Waals surface area contributed by atoms with Gasteiger partial charge in [0.1, 0.15) is 0 Å². The summed E-state index contributed by atoms with van der Waals surface area (Å²) in [5.74, 6) is 0. The summed E-state index contributed by atoms with van der Waals surface area (Å²) in [6.07, 6.45) is 0. The third kappa shape index (κ3) is 3.54. The lowest BCUT2D eigenvalue weighted by Crippen LogP contribution is -2.43. The van der Waals surface area contributed by atoms with Crippen molar-refractivity contribution in [2.75, 3.05) is 31.1 Å². The zero-order valence-corrected chi connectivity index (χ0v) is 13.7. The van der Waals surface area contributed by atoms with Crippen LogP contribution in [0, 0.1) is 6.92 Å². The van der Waals surface area contributed by atoms with Gasteiger partial charge in [-0.25, -0.2) is 0 Å². The molecule has 1 fully saturated rings. The second kappa shape index (κ2) is 6.73. The quantitative estimate of drug-likeness (QED) is 0.912. The topological polar surface area (TPSA) is 15.3 Å². The summed E-state index contributed by atoms with van der Waals surface area (Å²) in [5.41, 5.74) is 2.67. The van der Waals surface area contributed by atoms with E-state index in [1.165, 1.54) is 21.0 Å². The van der Waals surface area contributed by atoms with Gasteiger partial charge in [0.05, 0.1) is 5.69 Å². The van der Waals surface area contributed by atoms with Gasteiger partial charge in [0, 0.05) is 41.0 Å². The molecule has 0 radical (unpaired) electrons. The fraction of sp³-hybridized carbons (Fsp3) is 0.294. The van der Waals surface area contributed by atoms with Crippen molar-refractivity contribution in [3.8, 4) is 0 Å². The number of aryl methyl sites for hydroxylation is 1. The third-order valence-corrected chi connectivity index (χ3v) is 5.18. The standard InChI is InChI=1S/C17H19ClN2S/c1-13-3-2-4-16(20-11-9-19-10-12-20)17(13)21-15-7-5-14(18)6-8-15/h2-8,19H,9-12H2,1H3. The van der Waals surface area contributed by atoms with Crippen LogP contribution in [0.2, 0.25) is 5.02 Å². The molecule has 1 heterocycles. The third-order valence-electron chi connectivity index (χ3n) is 3.68. The van der Waals surface area contributed by atoms with E-state index in [0.717, 1.165) is 31.2 Å². The van der Waals surface area contributed by atoms with E-state index in [1.54, 1.807) is 0 Å². The SMILES string of the molecule is Cc1cccc(N2CCNCC2)c1Sc1ccc(Cl)cc1. The minimum absolute atomic E-state index is 0.784. The van der Waals surface area contributed by atoms with Crippen LogP contribution in [-0.2, 0) is 0 Å². The molecule has 0 aliphatic carbocycles. The zero-order chi connectivity index (χ0) is 14.7. The molecule has 1 saturated heterocycles. The number of nitrogens with zero attached hydrogens (tertiary/aromatic N) is 1. The molecule has 110 valence electrons. The highest BCUT2D eigenvalue weighted by molar-refractivity contribution is 7.99. The van der Waals surface area contributed by atoms with Crippen LogP contribution in [0.3, 0.4) is 0 Å².